The number of carboxylic acids is 1. The molecule has 0 radical (unpaired) electrons. The van der Waals surface area contributed by atoms with Gasteiger partial charge in [0.15, 0.2) is 0 Å². The highest BCUT2D eigenvalue weighted by Gasteiger charge is 2.17. The van der Waals surface area contributed by atoms with Crippen LogP contribution < -0.4 is 9.67 Å². The molecule has 0 amide bonds. The second kappa shape index (κ2) is 12.3. The van der Waals surface area contributed by atoms with Gasteiger partial charge in [0.1, 0.15) is 18.9 Å². The number of benzene rings is 1. The van der Waals surface area contributed by atoms with Crippen LogP contribution in [0.2, 0.25) is 0 Å². The van der Waals surface area contributed by atoms with E-state index in [2.05, 4.69) is 52.7 Å². The normalized spacial score (nSPS) is 11.0. The highest BCUT2D eigenvalue weighted by molar-refractivity contribution is 5.64. The average molecular weight is 371 g/mol. The number of nitrogens with zero attached hydrogens (tertiary/aromatic N) is 2. The molecule has 0 saturated carbocycles. The number of aryl methyl sites for hydroxylation is 1. The molecule has 0 saturated heterocycles. The Morgan fingerprint density at radius 3 is 2.41 bits per heavy atom. The Morgan fingerprint density at radius 2 is 1.70 bits per heavy atom. The van der Waals surface area contributed by atoms with Crippen LogP contribution in [0.3, 0.4) is 0 Å². The second-order valence-corrected chi connectivity index (χ2v) is 7.37. The molecule has 0 fully saturated rings. The lowest BCUT2D eigenvalue weighted by Gasteiger charge is -2.07. The van der Waals surface area contributed by atoms with Gasteiger partial charge in [0.2, 0.25) is 0 Å². The van der Waals surface area contributed by atoms with Gasteiger partial charge >= 0.3 is 0 Å². The van der Waals surface area contributed by atoms with Crippen molar-refractivity contribution in [1.82, 2.24) is 4.57 Å². The van der Waals surface area contributed by atoms with Gasteiger partial charge in [-0.2, -0.15) is 0 Å². The highest BCUT2D eigenvalue weighted by atomic mass is 16.4. The van der Waals surface area contributed by atoms with Crippen LogP contribution in [-0.2, 0) is 24.3 Å². The number of imidazole rings is 1. The van der Waals surface area contributed by atoms with Crippen LogP contribution in [0.25, 0.3) is 0 Å². The molecule has 0 aliphatic carbocycles. The zero-order chi connectivity index (χ0) is 19.3. The van der Waals surface area contributed by atoms with E-state index >= 15 is 0 Å². The summed E-state index contributed by atoms with van der Waals surface area (Å²) in [6, 6.07) is 10.5. The van der Waals surface area contributed by atoms with Crippen LogP contribution in [0.1, 0.15) is 76.1 Å². The number of carbonyl (C=O) groups is 1. The van der Waals surface area contributed by atoms with Crippen LogP contribution in [-0.4, -0.2) is 10.5 Å². The molecular formula is C23H34N2O2. The minimum atomic E-state index is -0.965. The van der Waals surface area contributed by atoms with E-state index in [1.54, 1.807) is 0 Å². The van der Waals surface area contributed by atoms with E-state index in [0.29, 0.717) is 6.42 Å². The van der Waals surface area contributed by atoms with Crippen molar-refractivity contribution in [3.8, 4) is 0 Å². The number of carbonyl (C=O) groups excluding carboxylic acids is 1. The lowest BCUT2D eigenvalue weighted by molar-refractivity contribution is -0.695. The van der Waals surface area contributed by atoms with E-state index in [4.69, 9.17) is 0 Å². The Morgan fingerprint density at radius 1 is 1.00 bits per heavy atom. The van der Waals surface area contributed by atoms with Crippen LogP contribution in [0.15, 0.2) is 42.7 Å². The standard InChI is InChI=1S/C23H34N2O2/c1-2-3-4-5-6-7-11-15-22-24(17-12-16-23(26)27)18-19-25(22)20-21-13-9-8-10-14-21/h8-10,13-14,18-19H,2-7,11-12,15-17,20H2,1H3. The fourth-order valence-corrected chi connectivity index (χ4v) is 3.55. The van der Waals surface area contributed by atoms with E-state index in [9.17, 15) is 9.90 Å². The van der Waals surface area contributed by atoms with E-state index in [0.717, 1.165) is 19.5 Å². The molecule has 27 heavy (non-hydrogen) atoms. The zero-order valence-electron chi connectivity index (χ0n) is 16.7. The van der Waals surface area contributed by atoms with Crippen molar-refractivity contribution in [2.75, 3.05) is 0 Å². The topological polar surface area (TPSA) is 48.9 Å². The number of rotatable bonds is 14. The van der Waals surface area contributed by atoms with E-state index in [1.165, 1.54) is 56.3 Å². The third-order valence-electron chi connectivity index (χ3n) is 5.07. The van der Waals surface area contributed by atoms with Gasteiger partial charge in [0, 0.05) is 12.4 Å². The van der Waals surface area contributed by atoms with E-state index in [1.807, 2.05) is 6.07 Å². The summed E-state index contributed by atoms with van der Waals surface area (Å²) in [4.78, 5) is 10.7. The molecule has 0 aliphatic heterocycles. The van der Waals surface area contributed by atoms with Crippen LogP contribution in [0, 0.1) is 0 Å². The molecule has 1 aromatic heterocycles. The molecule has 4 nitrogen and oxygen atoms in total. The maximum absolute atomic E-state index is 10.7. The first-order chi connectivity index (χ1) is 13.2. The number of aromatic nitrogens is 2. The summed E-state index contributed by atoms with van der Waals surface area (Å²) < 4.78 is 4.54. The van der Waals surface area contributed by atoms with Crippen molar-refractivity contribution >= 4 is 5.97 Å². The summed E-state index contributed by atoms with van der Waals surface area (Å²) in [7, 11) is 0. The van der Waals surface area contributed by atoms with Crippen LogP contribution in [0.5, 0.6) is 0 Å². The number of unbranched alkanes of at least 4 members (excludes halogenated alkanes) is 6. The lowest BCUT2D eigenvalue weighted by atomic mass is 10.1. The first-order valence-corrected chi connectivity index (χ1v) is 10.5. The molecule has 0 bridgehead atoms. The van der Waals surface area contributed by atoms with Gasteiger partial charge in [-0.05, 0) is 24.8 Å². The first-order valence-electron chi connectivity index (χ1n) is 10.5. The number of hydrogen-bond donors (Lipinski definition) is 0. The third kappa shape index (κ3) is 7.98. The summed E-state index contributed by atoms with van der Waals surface area (Å²) in [5, 5.41) is 10.7. The fraction of sp³-hybridized carbons (Fsp3) is 0.565. The molecule has 1 heterocycles. The van der Waals surface area contributed by atoms with Crippen molar-refractivity contribution in [3.63, 3.8) is 0 Å². The highest BCUT2D eigenvalue weighted by Crippen LogP contribution is 2.11. The van der Waals surface area contributed by atoms with Crippen molar-refractivity contribution in [2.24, 2.45) is 0 Å². The van der Waals surface area contributed by atoms with Gasteiger partial charge in [-0.15, -0.1) is 0 Å². The van der Waals surface area contributed by atoms with Gasteiger partial charge in [-0.25, -0.2) is 9.13 Å². The van der Waals surface area contributed by atoms with Gasteiger partial charge in [-0.3, -0.25) is 0 Å². The SMILES string of the molecule is CCCCCCCCCc1n(CCCC(=O)[O-])cc[n+]1Cc1ccccc1. The fourth-order valence-electron chi connectivity index (χ4n) is 3.55. The Labute approximate surface area is 163 Å². The second-order valence-electron chi connectivity index (χ2n) is 7.37. The van der Waals surface area contributed by atoms with E-state index in [-0.39, 0.29) is 6.42 Å². The molecule has 148 valence electrons. The summed E-state index contributed by atoms with van der Waals surface area (Å²) in [5.41, 5.74) is 1.29. The quantitative estimate of drug-likeness (QED) is 0.376. The largest absolute Gasteiger partial charge is 0.550 e. The summed E-state index contributed by atoms with van der Waals surface area (Å²) in [6.07, 6.45) is 15.1. The Balaban J connectivity index is 1.94. The Kier molecular flexibility index (Phi) is 9.67. The summed E-state index contributed by atoms with van der Waals surface area (Å²) in [5.74, 6) is 0.332. The first kappa shape index (κ1) is 21.2. The van der Waals surface area contributed by atoms with Gasteiger partial charge in [0.05, 0.1) is 6.54 Å². The minimum Gasteiger partial charge on any atom is -0.550 e. The molecule has 1 aromatic carbocycles. The average Bonchev–Trinajstić information content (AvgIpc) is 3.03. The molecule has 0 unspecified atom stereocenters. The van der Waals surface area contributed by atoms with Crippen molar-refractivity contribution < 1.29 is 14.5 Å². The maximum atomic E-state index is 10.7. The van der Waals surface area contributed by atoms with E-state index < -0.39 is 5.97 Å². The van der Waals surface area contributed by atoms with Crippen molar-refractivity contribution in [2.45, 2.75) is 84.2 Å². The molecule has 4 heteroatoms. The van der Waals surface area contributed by atoms with Gasteiger partial charge < -0.3 is 9.90 Å². The predicted octanol–water partition coefficient (Wildman–Crippen LogP) is 3.65. The predicted molar refractivity (Wildman–Crippen MR) is 106 cm³/mol. The van der Waals surface area contributed by atoms with Crippen LogP contribution in [0.4, 0.5) is 0 Å². The summed E-state index contributed by atoms with van der Waals surface area (Å²) >= 11 is 0. The molecule has 0 aliphatic rings. The third-order valence-corrected chi connectivity index (χ3v) is 5.07. The van der Waals surface area contributed by atoms with Gasteiger partial charge in [-0.1, -0.05) is 75.8 Å². The number of carboxylic acid groups (broad SMARTS) is 1. The zero-order valence-corrected chi connectivity index (χ0v) is 16.7. The maximum Gasteiger partial charge on any atom is 0.256 e. The molecule has 2 rings (SSSR count). The molecule has 2 aromatic rings. The van der Waals surface area contributed by atoms with Crippen LogP contribution >= 0.6 is 0 Å². The molecular weight excluding hydrogens is 336 g/mol. The van der Waals surface area contributed by atoms with Gasteiger partial charge in [0.25, 0.3) is 5.82 Å². The number of aliphatic carboxylic acids is 1. The summed E-state index contributed by atoms with van der Waals surface area (Å²) in [6.45, 7) is 3.85. The smallest absolute Gasteiger partial charge is 0.256 e. The Bertz CT molecular complexity index is 664. The van der Waals surface area contributed by atoms with Crippen molar-refractivity contribution in [3.05, 3.63) is 54.1 Å². The molecule has 0 N–H and O–H groups in total. The molecule has 0 atom stereocenters. The monoisotopic (exact) mass is 370 g/mol. The minimum absolute atomic E-state index is 0.119. The molecule has 0 spiro atoms. The lowest BCUT2D eigenvalue weighted by Crippen LogP contribution is -2.38. The van der Waals surface area contributed by atoms with Crippen molar-refractivity contribution in [1.29, 1.82) is 0 Å². The number of hydrogen-bond acceptors (Lipinski definition) is 2. The Hall–Kier alpha value is -2.10.